The Morgan fingerprint density at radius 1 is 1.11 bits per heavy atom. The van der Waals surface area contributed by atoms with Crippen LogP contribution in [0.1, 0.15) is 82.7 Å². The summed E-state index contributed by atoms with van der Waals surface area (Å²) in [4.78, 5) is 18.3. The standard InChI is InChI=1S/C25H39N2O7PS/c1-7-24(8-2,34-35(31,32)25(30,9-3)10-4)13-18-19(28)20(29)21(33-18)17-12-16-14(5)11-15(6)26-22(16)27-23(17)36/h11-12,18-21,28-30H,7-10,13H2,1-6H3,(H,31,32)(H,26,27,36). The third kappa shape index (κ3) is 5.33. The highest BCUT2D eigenvalue weighted by atomic mass is 32.1. The largest absolute Gasteiger partial charge is 0.388 e. The Labute approximate surface area is 217 Å². The topological polar surface area (TPSA) is 145 Å². The van der Waals surface area contributed by atoms with Gasteiger partial charge in [0.1, 0.15) is 28.6 Å². The van der Waals surface area contributed by atoms with Crippen LogP contribution in [-0.4, -0.2) is 59.4 Å². The Hall–Kier alpha value is -1.23. The Balaban J connectivity index is 1.93. The number of aromatic nitrogens is 2. The van der Waals surface area contributed by atoms with Gasteiger partial charge in [-0.15, -0.1) is 0 Å². The summed E-state index contributed by atoms with van der Waals surface area (Å²) in [6, 6.07) is 3.77. The fraction of sp³-hybridized carbons (Fsp3) is 0.680. The molecule has 2 aromatic rings. The molecule has 5 unspecified atom stereocenters. The van der Waals surface area contributed by atoms with Crippen LogP contribution in [0.25, 0.3) is 11.0 Å². The van der Waals surface area contributed by atoms with Gasteiger partial charge in [-0.25, -0.2) is 4.98 Å². The normalized spacial score (nSPS) is 24.8. The summed E-state index contributed by atoms with van der Waals surface area (Å²) in [7, 11) is -4.45. The van der Waals surface area contributed by atoms with E-state index in [0.717, 1.165) is 16.6 Å². The number of aromatic amines is 1. The van der Waals surface area contributed by atoms with Crippen molar-refractivity contribution in [1.29, 1.82) is 0 Å². The number of hydrogen-bond donors (Lipinski definition) is 5. The number of H-pyrrole nitrogens is 1. The summed E-state index contributed by atoms with van der Waals surface area (Å²) < 4.78 is 25.5. The molecule has 202 valence electrons. The van der Waals surface area contributed by atoms with Crippen molar-refractivity contribution >= 4 is 30.8 Å². The summed E-state index contributed by atoms with van der Waals surface area (Å²) in [5.41, 5.74) is 1.83. The molecule has 9 nitrogen and oxygen atoms in total. The second-order valence-corrected chi connectivity index (χ2v) is 12.3. The van der Waals surface area contributed by atoms with E-state index in [9.17, 15) is 24.8 Å². The lowest BCUT2D eigenvalue weighted by Crippen LogP contribution is -2.42. The van der Waals surface area contributed by atoms with Crippen LogP contribution in [-0.2, 0) is 13.8 Å². The monoisotopic (exact) mass is 542 g/mol. The number of aryl methyl sites for hydroxylation is 2. The molecule has 0 aliphatic carbocycles. The van der Waals surface area contributed by atoms with E-state index in [0.29, 0.717) is 28.7 Å². The van der Waals surface area contributed by atoms with Gasteiger partial charge in [-0.05, 0) is 57.2 Å². The van der Waals surface area contributed by atoms with Crippen LogP contribution in [0.2, 0.25) is 0 Å². The van der Waals surface area contributed by atoms with Crippen molar-refractivity contribution in [3.05, 3.63) is 33.6 Å². The van der Waals surface area contributed by atoms with Crippen molar-refractivity contribution in [3.63, 3.8) is 0 Å². The first-order valence-electron chi connectivity index (χ1n) is 12.6. The highest BCUT2D eigenvalue weighted by Gasteiger charge is 2.52. The fourth-order valence-electron chi connectivity index (χ4n) is 4.98. The van der Waals surface area contributed by atoms with Crippen LogP contribution in [0.5, 0.6) is 0 Å². The maximum absolute atomic E-state index is 13.2. The molecule has 3 heterocycles. The van der Waals surface area contributed by atoms with E-state index in [4.69, 9.17) is 21.5 Å². The molecule has 3 rings (SSSR count). The van der Waals surface area contributed by atoms with E-state index >= 15 is 0 Å². The zero-order chi connectivity index (χ0) is 27.1. The maximum Gasteiger partial charge on any atom is 0.359 e. The molecule has 0 saturated carbocycles. The van der Waals surface area contributed by atoms with Crippen LogP contribution < -0.4 is 0 Å². The Bertz CT molecular complexity index is 1190. The molecule has 1 aliphatic rings. The molecule has 5 atom stereocenters. The number of nitrogens with one attached hydrogen (secondary N) is 1. The minimum Gasteiger partial charge on any atom is -0.388 e. The molecule has 0 aromatic carbocycles. The zero-order valence-corrected chi connectivity index (χ0v) is 23.5. The highest BCUT2D eigenvalue weighted by molar-refractivity contribution is 7.71. The predicted molar refractivity (Wildman–Crippen MR) is 140 cm³/mol. The third-order valence-corrected chi connectivity index (χ3v) is 10.4. The Morgan fingerprint density at radius 3 is 2.28 bits per heavy atom. The first-order chi connectivity index (χ1) is 16.8. The van der Waals surface area contributed by atoms with E-state index in [1.807, 2.05) is 39.8 Å². The summed E-state index contributed by atoms with van der Waals surface area (Å²) in [5, 5.41) is 31.5. The number of rotatable bonds is 10. The van der Waals surface area contributed by atoms with Crippen molar-refractivity contribution in [2.45, 2.75) is 109 Å². The average molecular weight is 543 g/mol. The maximum atomic E-state index is 13.2. The Morgan fingerprint density at radius 2 is 1.72 bits per heavy atom. The van der Waals surface area contributed by atoms with Gasteiger partial charge in [-0.1, -0.05) is 39.9 Å². The van der Waals surface area contributed by atoms with Crippen LogP contribution in [0.3, 0.4) is 0 Å². The van der Waals surface area contributed by atoms with Crippen molar-refractivity contribution in [2.24, 2.45) is 0 Å². The van der Waals surface area contributed by atoms with Crippen molar-refractivity contribution in [1.82, 2.24) is 9.97 Å². The number of fused-ring (bicyclic) bond motifs is 1. The molecule has 0 radical (unpaired) electrons. The van der Waals surface area contributed by atoms with E-state index in [-0.39, 0.29) is 19.3 Å². The van der Waals surface area contributed by atoms with E-state index < -0.39 is 43.0 Å². The van der Waals surface area contributed by atoms with Gasteiger partial charge in [-0.2, -0.15) is 0 Å². The minimum absolute atomic E-state index is 0.0482. The Kier molecular flexibility index (Phi) is 8.85. The summed E-state index contributed by atoms with van der Waals surface area (Å²) in [6.45, 7) is 10.7. The van der Waals surface area contributed by atoms with Gasteiger partial charge in [0.25, 0.3) is 0 Å². The first kappa shape index (κ1) is 29.3. The molecule has 36 heavy (non-hydrogen) atoms. The SMILES string of the molecule is CCC(CC)(CC1OC(c2cc3c(C)cc(C)nc3[nH]c2=S)C(O)C1O)OP(=O)(O)C(O)(CC)CC. The molecule has 5 N–H and O–H groups in total. The quantitative estimate of drug-likeness (QED) is 0.212. The van der Waals surface area contributed by atoms with Gasteiger partial charge in [0.2, 0.25) is 0 Å². The lowest BCUT2D eigenvalue weighted by molar-refractivity contribution is -0.0630. The van der Waals surface area contributed by atoms with Gasteiger partial charge in [-0.3, -0.25) is 9.09 Å². The number of aliphatic hydroxyl groups excluding tert-OH is 2. The molecular weight excluding hydrogens is 503 g/mol. The molecule has 0 bridgehead atoms. The van der Waals surface area contributed by atoms with Crippen LogP contribution in [0, 0.1) is 18.5 Å². The summed E-state index contributed by atoms with van der Waals surface area (Å²) in [6.07, 6.45) is -3.50. The molecule has 1 saturated heterocycles. The van der Waals surface area contributed by atoms with Crippen molar-refractivity contribution < 1.29 is 34.0 Å². The predicted octanol–water partition coefficient (Wildman–Crippen LogP) is 4.73. The number of nitrogens with zero attached hydrogens (tertiary/aromatic N) is 1. The lowest BCUT2D eigenvalue weighted by Gasteiger charge is -2.40. The summed E-state index contributed by atoms with van der Waals surface area (Å²) in [5.74, 6) is 0. The van der Waals surface area contributed by atoms with E-state index in [2.05, 4.69) is 9.97 Å². The van der Waals surface area contributed by atoms with Crippen molar-refractivity contribution in [2.75, 3.05) is 0 Å². The van der Waals surface area contributed by atoms with Crippen LogP contribution in [0.4, 0.5) is 0 Å². The highest BCUT2D eigenvalue weighted by Crippen LogP contribution is 2.61. The zero-order valence-electron chi connectivity index (χ0n) is 21.8. The molecule has 11 heteroatoms. The fourth-order valence-corrected chi connectivity index (χ4v) is 7.08. The first-order valence-corrected chi connectivity index (χ1v) is 14.5. The second kappa shape index (κ2) is 10.9. The lowest BCUT2D eigenvalue weighted by atomic mass is 9.88. The number of hydrogen-bond acceptors (Lipinski definition) is 8. The van der Waals surface area contributed by atoms with E-state index in [1.54, 1.807) is 13.8 Å². The van der Waals surface area contributed by atoms with E-state index in [1.165, 1.54) is 0 Å². The molecule has 1 fully saturated rings. The van der Waals surface area contributed by atoms with Gasteiger partial charge in [0.15, 0.2) is 5.34 Å². The van der Waals surface area contributed by atoms with Crippen LogP contribution >= 0.6 is 19.8 Å². The average Bonchev–Trinajstić information content (AvgIpc) is 3.10. The van der Waals surface area contributed by atoms with Crippen LogP contribution in [0.15, 0.2) is 12.1 Å². The van der Waals surface area contributed by atoms with Gasteiger partial charge >= 0.3 is 7.60 Å². The van der Waals surface area contributed by atoms with Gasteiger partial charge in [0, 0.05) is 23.1 Å². The van der Waals surface area contributed by atoms with Gasteiger partial charge < -0.3 is 29.9 Å². The molecule has 0 spiro atoms. The molecule has 2 aromatic heterocycles. The second-order valence-electron chi connectivity index (χ2n) is 9.87. The summed E-state index contributed by atoms with van der Waals surface area (Å²) >= 11 is 5.54. The third-order valence-electron chi connectivity index (χ3n) is 7.69. The molecule has 0 amide bonds. The number of ether oxygens (including phenoxy) is 1. The number of aliphatic hydroxyl groups is 3. The van der Waals surface area contributed by atoms with Gasteiger partial charge in [0.05, 0.1) is 11.7 Å². The molecular formula is C25H39N2O7PS. The smallest absolute Gasteiger partial charge is 0.359 e. The number of pyridine rings is 2. The van der Waals surface area contributed by atoms with Crippen molar-refractivity contribution in [3.8, 4) is 0 Å². The minimum atomic E-state index is -4.45. The molecule has 1 aliphatic heterocycles.